The van der Waals surface area contributed by atoms with Gasteiger partial charge in [0.15, 0.2) is 0 Å². The molecule has 0 bridgehead atoms. The van der Waals surface area contributed by atoms with Crippen LogP contribution in [-0.2, 0) is 28.0 Å². The molecule has 0 aliphatic carbocycles. The van der Waals surface area contributed by atoms with Crippen molar-refractivity contribution in [1.29, 1.82) is 2.61 Å². The quantitative estimate of drug-likeness (QED) is 0.0205. The SMILES string of the molecule is [2H]P([B][3H])SOCC(COCC[C@@H](CCCCCCC)OC(=O)CCCCCCCCCCC)OC(=O)CCCCCCCCCCCCC. The van der Waals surface area contributed by atoms with E-state index in [0.29, 0.717) is 25.9 Å². The molecule has 9 heteroatoms. The standard InChI is InChI=1S/C39H77BO6PS/c1-4-7-10-13-15-17-18-20-22-25-28-31-39(42)46-37(35-44-48-47-40)34-43-33-32-36(29-26-23-12-9-6-3)45-38(41)30-27-24-21-19-16-14-11-8-5-2/h36-37,40,47H,4-35H2,1-3H3/t36-,37?,47?/m1/s1/i40T,47D. The van der Waals surface area contributed by atoms with E-state index >= 15 is 0 Å². The maximum Gasteiger partial charge on any atom is 0.306 e. The number of hydrogen-bond donors (Lipinski definition) is 0. The molecule has 0 aliphatic heterocycles. The first-order valence-electron chi connectivity index (χ1n) is 21.2. The smallest absolute Gasteiger partial charge is 0.306 e. The first kappa shape index (κ1) is 43.9. The number of carbonyl (C=O) groups is 2. The lowest BCUT2D eigenvalue weighted by molar-refractivity contribution is -0.156. The predicted octanol–water partition coefficient (Wildman–Crippen LogP) is 12.3. The van der Waals surface area contributed by atoms with E-state index in [2.05, 4.69) is 20.8 Å². The maximum absolute atomic E-state index is 12.7. The van der Waals surface area contributed by atoms with Crippen molar-refractivity contribution in [2.75, 3.05) is 19.8 Å². The Kier molecular flexibility index (Phi) is 36.1. The van der Waals surface area contributed by atoms with E-state index in [1.54, 1.807) is 0 Å². The van der Waals surface area contributed by atoms with Gasteiger partial charge in [0.05, 0.1) is 14.5 Å². The summed E-state index contributed by atoms with van der Waals surface area (Å²) in [6, 6.07) is 0. The summed E-state index contributed by atoms with van der Waals surface area (Å²) in [5.41, 5.74) is 0. The molecular weight excluding hydrogens is 638 g/mol. The Morgan fingerprint density at radius 2 is 1.02 bits per heavy atom. The molecule has 0 aliphatic rings. The van der Waals surface area contributed by atoms with Crippen LogP contribution in [0.25, 0.3) is 0 Å². The van der Waals surface area contributed by atoms with Crippen molar-refractivity contribution in [3.63, 3.8) is 0 Å². The zero-order valence-electron chi connectivity index (χ0n) is 33.7. The summed E-state index contributed by atoms with van der Waals surface area (Å²) < 4.78 is 38.2. The van der Waals surface area contributed by atoms with Crippen LogP contribution >= 0.6 is 19.3 Å². The Hall–Kier alpha value is -0.295. The van der Waals surface area contributed by atoms with Gasteiger partial charge in [-0.1, -0.05) is 170 Å². The Morgan fingerprint density at radius 3 is 1.48 bits per heavy atom. The molecule has 0 fully saturated rings. The highest BCUT2D eigenvalue weighted by molar-refractivity contribution is 8.53. The lowest BCUT2D eigenvalue weighted by atomic mass is 10.1. The normalized spacial score (nSPS) is 13.8. The Balaban J connectivity index is 4.58. The monoisotopic (exact) mass is 719 g/mol. The minimum Gasteiger partial charge on any atom is -0.462 e. The molecule has 3 atom stereocenters. The molecule has 0 saturated carbocycles. The van der Waals surface area contributed by atoms with Gasteiger partial charge < -0.3 is 18.4 Å². The van der Waals surface area contributed by atoms with Gasteiger partial charge in [-0.05, 0) is 27.0 Å². The number of carbonyl (C=O) groups excluding carboxylic acids is 2. The molecule has 283 valence electrons. The van der Waals surface area contributed by atoms with Crippen molar-refractivity contribution in [2.45, 2.75) is 219 Å². The summed E-state index contributed by atoms with van der Waals surface area (Å²) in [7, 11) is -0.392. The molecular formula is C39H77BO6PS. The van der Waals surface area contributed by atoms with Gasteiger partial charge in [-0.15, -0.1) is 0 Å². The molecule has 0 amide bonds. The third-order valence-electron chi connectivity index (χ3n) is 8.93. The van der Waals surface area contributed by atoms with Crippen LogP contribution in [-0.4, -0.2) is 54.1 Å². The second-order valence-corrected chi connectivity index (χ2v) is 15.3. The average molecular weight is 719 g/mol. The average Bonchev–Trinajstić information content (AvgIpc) is 3.11. The highest BCUT2D eigenvalue weighted by atomic mass is 32.7. The van der Waals surface area contributed by atoms with E-state index < -0.39 is 13.7 Å². The van der Waals surface area contributed by atoms with Gasteiger partial charge in [0, 0.05) is 30.9 Å². The van der Waals surface area contributed by atoms with Crippen LogP contribution in [0.3, 0.4) is 0 Å². The topological polar surface area (TPSA) is 71.1 Å². The van der Waals surface area contributed by atoms with Gasteiger partial charge in [0.25, 0.3) is 0 Å². The van der Waals surface area contributed by atoms with Crippen LogP contribution in [0.15, 0.2) is 0 Å². The third-order valence-corrected chi connectivity index (χ3v) is 9.83. The van der Waals surface area contributed by atoms with Crippen molar-refractivity contribution < 1.29 is 28.0 Å². The van der Waals surface area contributed by atoms with Crippen LogP contribution in [0.1, 0.15) is 207 Å². The summed E-state index contributed by atoms with van der Waals surface area (Å²) in [6.45, 7) is 7.39. The number of hydrogen-bond acceptors (Lipinski definition) is 7. The van der Waals surface area contributed by atoms with Crippen LogP contribution < -0.4 is 0 Å². The highest BCUT2D eigenvalue weighted by Crippen LogP contribution is 2.25. The molecule has 1 radical (unpaired) electrons. The van der Waals surface area contributed by atoms with Gasteiger partial charge >= 0.3 is 11.9 Å². The third kappa shape index (κ3) is 35.5. The van der Waals surface area contributed by atoms with Crippen LogP contribution in [0, 0.1) is 0 Å². The zero-order valence-corrected chi connectivity index (χ0v) is 33.4. The number of ether oxygens (including phenoxy) is 3. The Labute approximate surface area is 307 Å². The number of esters is 2. The predicted molar refractivity (Wildman–Crippen MR) is 211 cm³/mol. The van der Waals surface area contributed by atoms with Crippen LogP contribution in [0.4, 0.5) is 0 Å². The van der Waals surface area contributed by atoms with Crippen LogP contribution in [0.2, 0.25) is 0 Å². The zero-order chi connectivity index (χ0) is 36.8. The van der Waals surface area contributed by atoms with Gasteiger partial charge in [0.2, 0.25) is 0 Å². The lowest BCUT2D eigenvalue weighted by Gasteiger charge is -2.20. The van der Waals surface area contributed by atoms with Gasteiger partial charge in [0.1, 0.15) is 26.3 Å². The lowest BCUT2D eigenvalue weighted by Crippen LogP contribution is -2.28. The van der Waals surface area contributed by atoms with E-state index in [4.69, 9.17) is 21.0 Å². The van der Waals surface area contributed by atoms with E-state index in [-0.39, 0.29) is 31.3 Å². The molecule has 0 aromatic heterocycles. The van der Waals surface area contributed by atoms with Crippen molar-refractivity contribution in [3.05, 3.63) is 0 Å². The maximum atomic E-state index is 12.7. The van der Waals surface area contributed by atoms with E-state index in [9.17, 15) is 9.59 Å². The molecule has 0 aromatic rings. The fourth-order valence-corrected chi connectivity index (χ4v) is 6.56. The molecule has 0 saturated heterocycles. The van der Waals surface area contributed by atoms with E-state index in [1.807, 2.05) is 0 Å². The fourth-order valence-electron chi connectivity index (χ4n) is 5.92. The van der Waals surface area contributed by atoms with Crippen molar-refractivity contribution in [2.24, 2.45) is 0 Å². The molecule has 0 N–H and O–H groups in total. The summed E-state index contributed by atoms with van der Waals surface area (Å²) in [6.07, 6.45) is 31.8. The molecule has 0 rings (SSSR count). The molecule has 0 heterocycles. The van der Waals surface area contributed by atoms with Crippen molar-refractivity contribution in [1.82, 2.24) is 0 Å². The largest absolute Gasteiger partial charge is 0.462 e. The van der Waals surface area contributed by atoms with Gasteiger partial charge in [-0.25, -0.2) is 0 Å². The first-order valence-corrected chi connectivity index (χ1v) is 22.5. The summed E-state index contributed by atoms with van der Waals surface area (Å²) >= 11 is 0.932. The van der Waals surface area contributed by atoms with Gasteiger partial charge in [-0.3, -0.25) is 9.59 Å². The second kappa shape index (κ2) is 39.5. The highest BCUT2D eigenvalue weighted by Gasteiger charge is 2.18. The number of unbranched alkanes of at least 4 members (excludes halogenated alkanes) is 22. The Morgan fingerprint density at radius 1 is 0.604 bits per heavy atom. The van der Waals surface area contributed by atoms with E-state index in [1.165, 1.54) is 116 Å². The summed E-state index contributed by atoms with van der Waals surface area (Å²) in [5.74, 6) is -0.358. The van der Waals surface area contributed by atoms with Crippen molar-refractivity contribution in [3.8, 4) is 0 Å². The summed E-state index contributed by atoms with van der Waals surface area (Å²) in [5, 5.41) is 0. The van der Waals surface area contributed by atoms with Crippen LogP contribution in [0.5, 0.6) is 0 Å². The Bertz CT molecular complexity index is 745. The minimum atomic E-state index is -1.45. The van der Waals surface area contributed by atoms with Crippen molar-refractivity contribution >= 4 is 38.7 Å². The number of rotatable bonds is 40. The molecule has 2 unspecified atom stereocenters. The summed E-state index contributed by atoms with van der Waals surface area (Å²) in [4.78, 5) is 25.4. The fraction of sp³-hybridized carbons (Fsp3) is 0.949. The van der Waals surface area contributed by atoms with Gasteiger partial charge in [-0.2, -0.15) is 0 Å². The molecule has 0 aromatic carbocycles. The molecule has 6 nitrogen and oxygen atoms in total. The van der Waals surface area contributed by atoms with E-state index in [0.717, 1.165) is 70.6 Å². The first-order chi connectivity index (χ1) is 24.5. The molecule has 0 spiro atoms. The molecule has 48 heavy (non-hydrogen) atoms. The second-order valence-electron chi connectivity index (χ2n) is 13.6. The minimum absolute atomic E-state index is 0.106.